The third kappa shape index (κ3) is 3.56. The number of thioether (sulfide) groups is 1. The van der Waals surface area contributed by atoms with Gasteiger partial charge in [0.25, 0.3) is 0 Å². The molecule has 1 saturated heterocycles. The predicted octanol–water partition coefficient (Wildman–Crippen LogP) is 0.944. The molecular weight excluding hydrogens is 308 g/mol. The van der Waals surface area contributed by atoms with E-state index in [0.29, 0.717) is 31.2 Å². The van der Waals surface area contributed by atoms with E-state index in [0.717, 1.165) is 25.0 Å². The number of sulfone groups is 1. The summed E-state index contributed by atoms with van der Waals surface area (Å²) in [5.74, 6) is 0.748. The van der Waals surface area contributed by atoms with E-state index < -0.39 is 14.6 Å². The molecule has 1 aliphatic carbocycles. The normalized spacial score (nSPS) is 29.2. The van der Waals surface area contributed by atoms with Gasteiger partial charge in [-0.3, -0.25) is 4.79 Å². The Hall–Kier alpha value is -0.270. The number of carbonyl (C=O) groups excluding carboxylic acids is 1. The van der Waals surface area contributed by atoms with Crippen LogP contribution in [0, 0.1) is 0 Å². The van der Waals surface area contributed by atoms with Gasteiger partial charge in [0.2, 0.25) is 5.91 Å². The molecule has 0 aromatic carbocycles. The molecule has 0 bridgehead atoms. The lowest BCUT2D eigenvalue weighted by molar-refractivity contribution is -0.125. The molecule has 1 heterocycles. The van der Waals surface area contributed by atoms with Crippen molar-refractivity contribution in [3.05, 3.63) is 0 Å². The molecule has 0 spiro atoms. The average Bonchev–Trinajstić information content (AvgIpc) is 2.86. The Kier molecular flexibility index (Phi) is 5.59. The summed E-state index contributed by atoms with van der Waals surface area (Å²) < 4.78 is 23.2. The number of hydrogen-bond donors (Lipinski definition) is 2. The molecule has 2 N–H and O–H groups in total. The van der Waals surface area contributed by atoms with Gasteiger partial charge in [-0.15, -0.1) is 0 Å². The molecule has 122 valence electrons. The SMILES string of the molecule is CCSC1CCCC1NC(=O)C1(S(C)(=O)=O)CCNCC1. The summed E-state index contributed by atoms with van der Waals surface area (Å²) in [6, 6.07) is 0.121. The topological polar surface area (TPSA) is 75.3 Å². The van der Waals surface area contributed by atoms with Crippen molar-refractivity contribution in [3.8, 4) is 0 Å². The molecule has 0 aromatic heterocycles. The molecule has 0 radical (unpaired) electrons. The summed E-state index contributed by atoms with van der Waals surface area (Å²) in [5.41, 5.74) is 0. The molecule has 2 fully saturated rings. The van der Waals surface area contributed by atoms with Gasteiger partial charge in [-0.05, 0) is 44.5 Å². The third-order valence-corrected chi connectivity index (χ3v) is 8.02. The van der Waals surface area contributed by atoms with Crippen molar-refractivity contribution < 1.29 is 13.2 Å². The lowest BCUT2D eigenvalue weighted by Gasteiger charge is -2.36. The fourth-order valence-electron chi connectivity index (χ4n) is 3.40. The molecule has 5 nitrogen and oxygen atoms in total. The summed E-state index contributed by atoms with van der Waals surface area (Å²) in [6.07, 6.45) is 5.12. The van der Waals surface area contributed by atoms with Gasteiger partial charge in [-0.1, -0.05) is 13.3 Å². The maximum absolute atomic E-state index is 12.7. The van der Waals surface area contributed by atoms with Crippen molar-refractivity contribution in [2.24, 2.45) is 0 Å². The standard InChI is InChI=1S/C14H26N2O3S2/c1-3-20-12-6-4-5-11(12)16-13(17)14(21(2,18)19)7-9-15-10-8-14/h11-12,15H,3-10H2,1-2H3,(H,16,17). The van der Waals surface area contributed by atoms with E-state index in [1.165, 1.54) is 6.26 Å². The monoisotopic (exact) mass is 334 g/mol. The molecule has 1 saturated carbocycles. The van der Waals surface area contributed by atoms with Gasteiger partial charge >= 0.3 is 0 Å². The van der Waals surface area contributed by atoms with Gasteiger partial charge < -0.3 is 10.6 Å². The molecule has 2 rings (SSSR count). The highest BCUT2D eigenvalue weighted by Gasteiger charge is 2.49. The summed E-state index contributed by atoms with van der Waals surface area (Å²) in [5, 5.41) is 6.63. The summed E-state index contributed by atoms with van der Waals surface area (Å²) in [7, 11) is -3.42. The van der Waals surface area contributed by atoms with Crippen molar-refractivity contribution >= 4 is 27.5 Å². The zero-order valence-corrected chi connectivity index (χ0v) is 14.5. The van der Waals surface area contributed by atoms with Crippen LogP contribution in [0.25, 0.3) is 0 Å². The molecular formula is C14H26N2O3S2. The third-order valence-electron chi connectivity index (χ3n) is 4.68. The Labute approximate surface area is 131 Å². The van der Waals surface area contributed by atoms with Crippen LogP contribution in [-0.2, 0) is 14.6 Å². The molecule has 21 heavy (non-hydrogen) atoms. The molecule has 2 unspecified atom stereocenters. The van der Waals surface area contributed by atoms with Gasteiger partial charge in [-0.2, -0.15) is 11.8 Å². The van der Waals surface area contributed by atoms with E-state index in [1.807, 2.05) is 11.8 Å². The zero-order valence-electron chi connectivity index (χ0n) is 12.9. The quantitative estimate of drug-likeness (QED) is 0.783. The van der Waals surface area contributed by atoms with Gasteiger partial charge in [0, 0.05) is 17.5 Å². The van der Waals surface area contributed by atoms with Crippen LogP contribution in [0.15, 0.2) is 0 Å². The first kappa shape index (κ1) is 17.1. The van der Waals surface area contributed by atoms with Crippen molar-refractivity contribution in [2.45, 2.75) is 55.1 Å². The molecule has 1 aliphatic heterocycles. The largest absolute Gasteiger partial charge is 0.351 e. The Balaban J connectivity index is 2.12. The maximum atomic E-state index is 12.7. The summed E-state index contributed by atoms with van der Waals surface area (Å²) in [6.45, 7) is 3.28. The lowest BCUT2D eigenvalue weighted by atomic mass is 9.95. The Morgan fingerprint density at radius 2 is 2.00 bits per heavy atom. The van der Waals surface area contributed by atoms with Crippen LogP contribution in [0.1, 0.15) is 39.0 Å². The minimum absolute atomic E-state index is 0.121. The van der Waals surface area contributed by atoms with Crippen molar-refractivity contribution in [3.63, 3.8) is 0 Å². The lowest BCUT2D eigenvalue weighted by Crippen LogP contribution is -2.59. The van der Waals surface area contributed by atoms with E-state index in [4.69, 9.17) is 0 Å². The zero-order chi connectivity index (χ0) is 15.5. The maximum Gasteiger partial charge on any atom is 0.241 e. The fourth-order valence-corrected chi connectivity index (χ4v) is 5.94. The minimum Gasteiger partial charge on any atom is -0.351 e. The highest BCUT2D eigenvalue weighted by Crippen LogP contribution is 2.32. The number of carbonyl (C=O) groups is 1. The number of rotatable bonds is 5. The smallest absolute Gasteiger partial charge is 0.241 e. The van der Waals surface area contributed by atoms with Crippen molar-refractivity contribution in [1.29, 1.82) is 0 Å². The average molecular weight is 335 g/mol. The van der Waals surface area contributed by atoms with Gasteiger partial charge in [0.15, 0.2) is 14.6 Å². The van der Waals surface area contributed by atoms with Crippen molar-refractivity contribution in [2.75, 3.05) is 25.1 Å². The first-order chi connectivity index (χ1) is 9.90. The van der Waals surface area contributed by atoms with Crippen LogP contribution in [0.3, 0.4) is 0 Å². The minimum atomic E-state index is -3.42. The number of nitrogens with one attached hydrogen (secondary N) is 2. The van der Waals surface area contributed by atoms with Crippen LogP contribution in [0.4, 0.5) is 0 Å². The second-order valence-corrected chi connectivity index (χ2v) is 9.86. The van der Waals surface area contributed by atoms with Crippen molar-refractivity contribution in [1.82, 2.24) is 10.6 Å². The number of piperidine rings is 1. The van der Waals surface area contributed by atoms with Gasteiger partial charge in [0.05, 0.1) is 0 Å². The Bertz CT molecular complexity index is 473. The number of hydrogen-bond acceptors (Lipinski definition) is 5. The molecule has 0 aromatic rings. The van der Waals surface area contributed by atoms with Crippen LogP contribution in [0.5, 0.6) is 0 Å². The van der Waals surface area contributed by atoms with Crippen LogP contribution >= 0.6 is 11.8 Å². The molecule has 2 atom stereocenters. The van der Waals surface area contributed by atoms with E-state index in [1.54, 1.807) is 0 Å². The second kappa shape index (κ2) is 6.87. The van der Waals surface area contributed by atoms with Gasteiger partial charge in [0.1, 0.15) is 0 Å². The molecule has 2 aliphatic rings. The van der Waals surface area contributed by atoms with E-state index in [-0.39, 0.29) is 11.9 Å². The second-order valence-electron chi connectivity index (χ2n) is 6.02. The van der Waals surface area contributed by atoms with E-state index in [2.05, 4.69) is 17.6 Å². The van der Waals surface area contributed by atoms with Crippen LogP contribution in [-0.4, -0.2) is 55.5 Å². The number of amides is 1. The van der Waals surface area contributed by atoms with E-state index >= 15 is 0 Å². The van der Waals surface area contributed by atoms with Crippen LogP contribution in [0.2, 0.25) is 0 Å². The first-order valence-electron chi connectivity index (χ1n) is 7.73. The van der Waals surface area contributed by atoms with E-state index in [9.17, 15) is 13.2 Å². The summed E-state index contributed by atoms with van der Waals surface area (Å²) >= 11 is 1.87. The van der Waals surface area contributed by atoms with Gasteiger partial charge in [-0.25, -0.2) is 8.42 Å². The fraction of sp³-hybridized carbons (Fsp3) is 0.929. The highest BCUT2D eigenvalue weighted by atomic mass is 32.2. The molecule has 7 heteroatoms. The Morgan fingerprint density at radius 1 is 1.33 bits per heavy atom. The molecule has 1 amide bonds. The van der Waals surface area contributed by atoms with Crippen LogP contribution < -0.4 is 10.6 Å². The summed E-state index contributed by atoms with van der Waals surface area (Å²) in [4.78, 5) is 12.7. The highest BCUT2D eigenvalue weighted by molar-refractivity contribution is 7.99. The predicted molar refractivity (Wildman–Crippen MR) is 87.4 cm³/mol. The first-order valence-corrected chi connectivity index (χ1v) is 10.7. The Morgan fingerprint density at radius 3 is 2.57 bits per heavy atom.